The molecular weight excluding hydrogens is 328 g/mol. The molecular formula is C13H15BrN2O4. The zero-order valence-electron chi connectivity index (χ0n) is 10.9. The molecule has 0 aromatic heterocycles. The lowest BCUT2D eigenvalue weighted by molar-refractivity contribution is -0.123. The molecule has 7 heteroatoms. The van der Waals surface area contributed by atoms with Crippen LogP contribution in [0.1, 0.15) is 23.7 Å². The predicted molar refractivity (Wildman–Crippen MR) is 76.3 cm³/mol. The molecule has 0 radical (unpaired) electrons. The van der Waals surface area contributed by atoms with Gasteiger partial charge in [-0.2, -0.15) is 0 Å². The van der Waals surface area contributed by atoms with E-state index in [1.807, 2.05) is 6.92 Å². The standard InChI is InChI=1S/C13H15BrN2O4/c1-2-7-15-13(19)16-11(17)8-20-12(18)9-3-5-10(14)6-4-9/h3-6H,2,7-8H2,1H3,(H2,15,16,17,19). The topological polar surface area (TPSA) is 84.5 Å². The smallest absolute Gasteiger partial charge is 0.338 e. The van der Waals surface area contributed by atoms with E-state index in [9.17, 15) is 14.4 Å². The fourth-order valence-electron chi connectivity index (χ4n) is 1.25. The van der Waals surface area contributed by atoms with Crippen LogP contribution in [-0.4, -0.2) is 31.1 Å². The van der Waals surface area contributed by atoms with E-state index in [4.69, 9.17) is 4.74 Å². The van der Waals surface area contributed by atoms with Crippen LogP contribution in [0.4, 0.5) is 4.79 Å². The number of hydrogen-bond acceptors (Lipinski definition) is 4. The Bertz CT molecular complexity index is 488. The van der Waals surface area contributed by atoms with Gasteiger partial charge in [0.1, 0.15) is 0 Å². The predicted octanol–water partition coefficient (Wildman–Crippen LogP) is 1.84. The van der Waals surface area contributed by atoms with Crippen molar-refractivity contribution in [3.63, 3.8) is 0 Å². The summed E-state index contributed by atoms with van der Waals surface area (Å²) in [5.41, 5.74) is 0.330. The molecule has 0 spiro atoms. The van der Waals surface area contributed by atoms with Crippen molar-refractivity contribution >= 4 is 33.8 Å². The third kappa shape index (κ3) is 5.83. The van der Waals surface area contributed by atoms with Gasteiger partial charge in [0.25, 0.3) is 5.91 Å². The van der Waals surface area contributed by atoms with Gasteiger partial charge in [-0.05, 0) is 30.7 Å². The molecule has 3 amide bonds. The second-order valence-corrected chi connectivity index (χ2v) is 4.80. The number of rotatable bonds is 5. The largest absolute Gasteiger partial charge is 0.452 e. The second-order valence-electron chi connectivity index (χ2n) is 3.89. The quantitative estimate of drug-likeness (QED) is 0.799. The molecule has 0 fully saturated rings. The third-order valence-corrected chi connectivity index (χ3v) is 2.73. The third-order valence-electron chi connectivity index (χ3n) is 2.20. The van der Waals surface area contributed by atoms with Gasteiger partial charge in [-0.3, -0.25) is 10.1 Å². The van der Waals surface area contributed by atoms with E-state index in [1.165, 1.54) is 0 Å². The van der Waals surface area contributed by atoms with Gasteiger partial charge in [-0.15, -0.1) is 0 Å². The second kappa shape index (κ2) is 8.31. The van der Waals surface area contributed by atoms with Gasteiger partial charge >= 0.3 is 12.0 Å². The summed E-state index contributed by atoms with van der Waals surface area (Å²) < 4.78 is 5.62. The lowest BCUT2D eigenvalue weighted by Crippen LogP contribution is -2.41. The van der Waals surface area contributed by atoms with Crippen LogP contribution in [0.25, 0.3) is 0 Å². The Balaban J connectivity index is 2.35. The number of ether oxygens (including phenoxy) is 1. The first kappa shape index (κ1) is 16.2. The molecule has 0 aliphatic carbocycles. The van der Waals surface area contributed by atoms with E-state index >= 15 is 0 Å². The zero-order chi connectivity index (χ0) is 15.0. The summed E-state index contributed by atoms with van der Waals surface area (Å²) in [4.78, 5) is 34.1. The molecule has 2 N–H and O–H groups in total. The van der Waals surface area contributed by atoms with Crippen molar-refractivity contribution in [3.05, 3.63) is 34.3 Å². The number of hydrogen-bond donors (Lipinski definition) is 2. The van der Waals surface area contributed by atoms with Crippen LogP contribution in [-0.2, 0) is 9.53 Å². The van der Waals surface area contributed by atoms with Crippen LogP contribution in [0, 0.1) is 0 Å². The van der Waals surface area contributed by atoms with E-state index in [1.54, 1.807) is 24.3 Å². The average Bonchev–Trinajstić information content (AvgIpc) is 2.43. The highest BCUT2D eigenvalue weighted by molar-refractivity contribution is 9.10. The van der Waals surface area contributed by atoms with E-state index in [0.717, 1.165) is 10.9 Å². The van der Waals surface area contributed by atoms with Gasteiger partial charge in [0, 0.05) is 11.0 Å². The maximum Gasteiger partial charge on any atom is 0.338 e. The first-order chi connectivity index (χ1) is 9.52. The van der Waals surface area contributed by atoms with E-state index in [-0.39, 0.29) is 0 Å². The van der Waals surface area contributed by atoms with Crippen LogP contribution in [0.3, 0.4) is 0 Å². The number of esters is 1. The SMILES string of the molecule is CCCNC(=O)NC(=O)COC(=O)c1ccc(Br)cc1. The monoisotopic (exact) mass is 342 g/mol. The Morgan fingerprint density at radius 2 is 1.85 bits per heavy atom. The summed E-state index contributed by atoms with van der Waals surface area (Å²) in [6.07, 6.45) is 0.764. The molecule has 0 atom stereocenters. The molecule has 0 heterocycles. The molecule has 1 rings (SSSR count). The number of benzene rings is 1. The van der Waals surface area contributed by atoms with Gasteiger partial charge in [-0.1, -0.05) is 22.9 Å². The Morgan fingerprint density at radius 3 is 2.45 bits per heavy atom. The number of amides is 3. The molecule has 1 aromatic rings. The van der Waals surface area contributed by atoms with Crippen LogP contribution < -0.4 is 10.6 Å². The Morgan fingerprint density at radius 1 is 1.20 bits per heavy atom. The van der Waals surface area contributed by atoms with Crippen LogP contribution in [0.2, 0.25) is 0 Å². The first-order valence-corrected chi connectivity index (χ1v) is 6.82. The van der Waals surface area contributed by atoms with Crippen molar-refractivity contribution < 1.29 is 19.1 Å². The molecule has 20 heavy (non-hydrogen) atoms. The molecule has 0 unspecified atom stereocenters. The summed E-state index contributed by atoms with van der Waals surface area (Å²) in [5, 5.41) is 4.53. The lowest BCUT2D eigenvalue weighted by Gasteiger charge is -2.06. The number of carbonyl (C=O) groups is 3. The number of imide groups is 1. The van der Waals surface area contributed by atoms with Gasteiger partial charge in [0.2, 0.25) is 0 Å². The molecule has 108 valence electrons. The van der Waals surface area contributed by atoms with Crippen molar-refractivity contribution in [1.82, 2.24) is 10.6 Å². The van der Waals surface area contributed by atoms with Gasteiger partial charge in [0.05, 0.1) is 5.56 Å². The van der Waals surface area contributed by atoms with Crippen LogP contribution in [0.5, 0.6) is 0 Å². The van der Waals surface area contributed by atoms with E-state index in [2.05, 4.69) is 26.6 Å². The fourth-order valence-corrected chi connectivity index (χ4v) is 1.51. The van der Waals surface area contributed by atoms with Crippen LogP contribution >= 0.6 is 15.9 Å². The number of nitrogens with one attached hydrogen (secondary N) is 2. The normalized spacial score (nSPS) is 9.70. The summed E-state index contributed by atoms with van der Waals surface area (Å²) in [7, 11) is 0. The van der Waals surface area contributed by atoms with Crippen molar-refractivity contribution in [2.45, 2.75) is 13.3 Å². The van der Waals surface area contributed by atoms with E-state index in [0.29, 0.717) is 12.1 Å². The molecule has 0 saturated carbocycles. The summed E-state index contributed by atoms with van der Waals surface area (Å²) in [6.45, 7) is 1.86. The average molecular weight is 343 g/mol. The van der Waals surface area contributed by atoms with Gasteiger partial charge < -0.3 is 10.1 Å². The Kier molecular flexibility index (Phi) is 6.72. The number of urea groups is 1. The highest BCUT2D eigenvalue weighted by Crippen LogP contribution is 2.11. The van der Waals surface area contributed by atoms with Crippen molar-refractivity contribution in [3.8, 4) is 0 Å². The lowest BCUT2D eigenvalue weighted by atomic mass is 10.2. The van der Waals surface area contributed by atoms with Crippen molar-refractivity contribution in [2.24, 2.45) is 0 Å². The maximum atomic E-state index is 11.6. The first-order valence-electron chi connectivity index (χ1n) is 6.03. The van der Waals surface area contributed by atoms with Gasteiger partial charge in [-0.25, -0.2) is 9.59 Å². The summed E-state index contributed by atoms with van der Waals surface area (Å²) in [6, 6.07) is 5.91. The van der Waals surface area contributed by atoms with Crippen molar-refractivity contribution in [2.75, 3.05) is 13.2 Å². The maximum absolute atomic E-state index is 11.6. The molecule has 0 bridgehead atoms. The van der Waals surface area contributed by atoms with Crippen LogP contribution in [0.15, 0.2) is 28.7 Å². The zero-order valence-corrected chi connectivity index (χ0v) is 12.5. The minimum atomic E-state index is -0.677. The Hall–Kier alpha value is -1.89. The molecule has 0 saturated heterocycles. The summed E-state index contributed by atoms with van der Waals surface area (Å²) >= 11 is 3.24. The molecule has 6 nitrogen and oxygen atoms in total. The minimum Gasteiger partial charge on any atom is -0.452 e. The highest BCUT2D eigenvalue weighted by atomic mass is 79.9. The molecule has 0 aliphatic heterocycles. The summed E-state index contributed by atoms with van der Waals surface area (Å²) in [5.74, 6) is -1.30. The molecule has 0 aliphatic rings. The Labute approximate surface area is 125 Å². The van der Waals surface area contributed by atoms with E-state index < -0.39 is 24.5 Å². The number of halogens is 1. The highest BCUT2D eigenvalue weighted by Gasteiger charge is 2.11. The fraction of sp³-hybridized carbons (Fsp3) is 0.308. The number of carbonyl (C=O) groups excluding carboxylic acids is 3. The van der Waals surface area contributed by atoms with Gasteiger partial charge in [0.15, 0.2) is 6.61 Å². The van der Waals surface area contributed by atoms with Crippen molar-refractivity contribution in [1.29, 1.82) is 0 Å². The minimum absolute atomic E-state index is 0.330. The molecule has 1 aromatic carbocycles.